The van der Waals surface area contributed by atoms with Crippen molar-refractivity contribution in [1.29, 1.82) is 0 Å². The summed E-state index contributed by atoms with van der Waals surface area (Å²) in [5, 5.41) is 11.8. The van der Waals surface area contributed by atoms with Crippen LogP contribution in [-0.2, 0) is 9.53 Å². The molecule has 0 aromatic carbocycles. The van der Waals surface area contributed by atoms with Crippen LogP contribution in [0.3, 0.4) is 0 Å². The van der Waals surface area contributed by atoms with Gasteiger partial charge in [-0.05, 0) is 12.8 Å². The minimum atomic E-state index is -0.759. The van der Waals surface area contributed by atoms with Crippen molar-refractivity contribution in [1.82, 2.24) is 5.32 Å². The van der Waals surface area contributed by atoms with Gasteiger partial charge >= 0.3 is 5.97 Å². The van der Waals surface area contributed by atoms with Gasteiger partial charge in [-0.1, -0.05) is 19.3 Å². The second-order valence-corrected chi connectivity index (χ2v) is 4.55. The molecule has 0 aromatic heterocycles. The molecule has 4 nitrogen and oxygen atoms in total. The summed E-state index contributed by atoms with van der Waals surface area (Å²) in [5.74, 6) is -0.759. The Kier molecular flexibility index (Phi) is 3.59. The molecule has 2 rings (SSSR count). The molecule has 0 spiro atoms. The Morgan fingerprint density at radius 3 is 2.53 bits per heavy atom. The van der Waals surface area contributed by atoms with E-state index in [4.69, 9.17) is 9.84 Å². The molecular weight excluding hydrogens is 194 g/mol. The van der Waals surface area contributed by atoms with Crippen molar-refractivity contribution >= 4 is 5.97 Å². The zero-order valence-electron chi connectivity index (χ0n) is 8.95. The lowest BCUT2D eigenvalue weighted by molar-refractivity contribution is -0.139. The molecule has 1 saturated heterocycles. The fourth-order valence-corrected chi connectivity index (χ4v) is 2.47. The first-order chi connectivity index (χ1) is 7.25. The second-order valence-electron chi connectivity index (χ2n) is 4.55. The van der Waals surface area contributed by atoms with Crippen molar-refractivity contribution in [2.24, 2.45) is 0 Å². The minimum Gasteiger partial charge on any atom is -0.480 e. The largest absolute Gasteiger partial charge is 0.480 e. The third kappa shape index (κ3) is 2.92. The van der Waals surface area contributed by atoms with Gasteiger partial charge in [-0.2, -0.15) is 0 Å². The summed E-state index contributed by atoms with van der Waals surface area (Å²) in [4.78, 5) is 10.7. The molecule has 15 heavy (non-hydrogen) atoms. The average molecular weight is 213 g/mol. The molecule has 2 atom stereocenters. The van der Waals surface area contributed by atoms with Crippen molar-refractivity contribution in [3.63, 3.8) is 0 Å². The molecule has 0 bridgehead atoms. The van der Waals surface area contributed by atoms with E-state index in [9.17, 15) is 4.79 Å². The molecule has 1 aliphatic heterocycles. The summed E-state index contributed by atoms with van der Waals surface area (Å²) in [5.41, 5.74) is 0. The van der Waals surface area contributed by atoms with E-state index in [1.54, 1.807) is 0 Å². The van der Waals surface area contributed by atoms with E-state index in [1.807, 2.05) is 0 Å². The van der Waals surface area contributed by atoms with Crippen LogP contribution in [0.2, 0.25) is 0 Å². The summed E-state index contributed by atoms with van der Waals surface area (Å²) in [7, 11) is 0. The Hall–Kier alpha value is -0.610. The molecule has 4 heteroatoms. The zero-order valence-corrected chi connectivity index (χ0v) is 8.95. The second kappa shape index (κ2) is 4.94. The van der Waals surface area contributed by atoms with Crippen molar-refractivity contribution in [3.8, 4) is 0 Å². The molecule has 2 N–H and O–H groups in total. The summed E-state index contributed by atoms with van der Waals surface area (Å²) in [6, 6.07) is -0.404. The smallest absolute Gasteiger partial charge is 0.320 e. The molecule has 86 valence electrons. The molecule has 0 unspecified atom stereocenters. The number of rotatable bonds is 3. The maximum Gasteiger partial charge on any atom is 0.320 e. The zero-order chi connectivity index (χ0) is 10.7. The quantitative estimate of drug-likeness (QED) is 0.738. The lowest BCUT2D eigenvalue weighted by Gasteiger charge is -2.25. The molecule has 2 fully saturated rings. The standard InChI is InChI=1S/C11H19NO3/c13-11(14)10-6-9(7-12-10)15-8-4-2-1-3-5-8/h8-10,12H,1-7H2,(H,13,14)/t9-,10+/m1/s1. The highest BCUT2D eigenvalue weighted by molar-refractivity contribution is 5.73. The van der Waals surface area contributed by atoms with Gasteiger partial charge in [-0.25, -0.2) is 0 Å². The predicted octanol–water partition coefficient (Wildman–Crippen LogP) is 1.15. The van der Waals surface area contributed by atoms with Gasteiger partial charge in [-0.15, -0.1) is 0 Å². The van der Waals surface area contributed by atoms with E-state index in [0.29, 0.717) is 19.1 Å². The van der Waals surface area contributed by atoms with Gasteiger partial charge in [0.1, 0.15) is 6.04 Å². The van der Waals surface area contributed by atoms with Gasteiger partial charge in [0.2, 0.25) is 0 Å². The Balaban J connectivity index is 1.74. The van der Waals surface area contributed by atoms with Gasteiger partial charge in [-0.3, -0.25) is 4.79 Å². The topological polar surface area (TPSA) is 58.6 Å². The average Bonchev–Trinajstić information content (AvgIpc) is 2.68. The van der Waals surface area contributed by atoms with E-state index in [2.05, 4.69) is 5.32 Å². The molecule has 0 radical (unpaired) electrons. The number of nitrogens with one attached hydrogen (secondary N) is 1. The monoisotopic (exact) mass is 213 g/mol. The number of aliphatic carboxylic acids is 1. The maximum atomic E-state index is 10.7. The lowest BCUT2D eigenvalue weighted by Crippen LogP contribution is -2.30. The van der Waals surface area contributed by atoms with Gasteiger partial charge in [0.05, 0.1) is 12.2 Å². The third-order valence-electron chi connectivity index (χ3n) is 3.33. The number of hydrogen-bond donors (Lipinski definition) is 2. The normalized spacial score (nSPS) is 33.1. The Morgan fingerprint density at radius 1 is 1.20 bits per heavy atom. The number of ether oxygens (including phenoxy) is 1. The Morgan fingerprint density at radius 2 is 1.93 bits per heavy atom. The molecule has 0 amide bonds. The number of hydrogen-bond acceptors (Lipinski definition) is 3. The number of carboxylic acids is 1. The summed E-state index contributed by atoms with van der Waals surface area (Å²) < 4.78 is 5.91. The van der Waals surface area contributed by atoms with Gasteiger partial charge in [0.25, 0.3) is 0 Å². The van der Waals surface area contributed by atoms with Crippen LogP contribution in [0.25, 0.3) is 0 Å². The van der Waals surface area contributed by atoms with E-state index in [-0.39, 0.29) is 6.10 Å². The minimum absolute atomic E-state index is 0.106. The van der Waals surface area contributed by atoms with Crippen LogP contribution in [-0.4, -0.2) is 35.9 Å². The molecule has 1 saturated carbocycles. The van der Waals surface area contributed by atoms with E-state index in [0.717, 1.165) is 12.8 Å². The number of carboxylic acid groups (broad SMARTS) is 1. The first kappa shape index (κ1) is 10.9. The molecule has 1 aliphatic carbocycles. The summed E-state index contributed by atoms with van der Waals surface area (Å²) in [6.07, 6.45) is 7.22. The Bertz CT molecular complexity index is 226. The first-order valence-corrected chi connectivity index (χ1v) is 5.87. The van der Waals surface area contributed by atoms with Crippen LogP contribution in [0.4, 0.5) is 0 Å². The van der Waals surface area contributed by atoms with Crippen molar-refractivity contribution in [2.75, 3.05) is 6.54 Å². The van der Waals surface area contributed by atoms with Crippen molar-refractivity contribution in [2.45, 2.75) is 56.8 Å². The van der Waals surface area contributed by atoms with Gasteiger partial charge in [0, 0.05) is 13.0 Å². The number of carbonyl (C=O) groups is 1. The van der Waals surface area contributed by atoms with Crippen LogP contribution < -0.4 is 5.32 Å². The lowest BCUT2D eigenvalue weighted by atomic mass is 9.97. The third-order valence-corrected chi connectivity index (χ3v) is 3.33. The van der Waals surface area contributed by atoms with Crippen LogP contribution in [0.15, 0.2) is 0 Å². The van der Waals surface area contributed by atoms with E-state index < -0.39 is 12.0 Å². The van der Waals surface area contributed by atoms with Crippen LogP contribution in [0, 0.1) is 0 Å². The SMILES string of the molecule is O=C(O)[C@@H]1C[C@@H](OC2CCCCC2)CN1. The van der Waals surface area contributed by atoms with E-state index >= 15 is 0 Å². The van der Waals surface area contributed by atoms with Crippen LogP contribution >= 0.6 is 0 Å². The summed E-state index contributed by atoms with van der Waals surface area (Å²) in [6.45, 7) is 0.688. The van der Waals surface area contributed by atoms with Crippen molar-refractivity contribution in [3.05, 3.63) is 0 Å². The fraction of sp³-hybridized carbons (Fsp3) is 0.909. The molecule has 0 aromatic rings. The first-order valence-electron chi connectivity index (χ1n) is 5.87. The highest BCUT2D eigenvalue weighted by Gasteiger charge is 2.31. The molecule has 1 heterocycles. The van der Waals surface area contributed by atoms with Gasteiger partial charge < -0.3 is 15.2 Å². The van der Waals surface area contributed by atoms with Crippen molar-refractivity contribution < 1.29 is 14.6 Å². The maximum absolute atomic E-state index is 10.7. The van der Waals surface area contributed by atoms with Gasteiger partial charge in [0.15, 0.2) is 0 Å². The summed E-state index contributed by atoms with van der Waals surface area (Å²) >= 11 is 0. The predicted molar refractivity (Wildman–Crippen MR) is 55.8 cm³/mol. The molecular formula is C11H19NO3. The highest BCUT2D eigenvalue weighted by Crippen LogP contribution is 2.23. The molecule has 2 aliphatic rings. The fourth-order valence-electron chi connectivity index (χ4n) is 2.47. The van der Waals surface area contributed by atoms with Crippen LogP contribution in [0.1, 0.15) is 38.5 Å². The van der Waals surface area contributed by atoms with E-state index in [1.165, 1.54) is 19.3 Å². The Labute approximate surface area is 90.0 Å². The van der Waals surface area contributed by atoms with Crippen LogP contribution in [0.5, 0.6) is 0 Å². The highest BCUT2D eigenvalue weighted by atomic mass is 16.5.